The number of hydrogen-bond donors (Lipinski definition) is 1. The zero-order valence-electron chi connectivity index (χ0n) is 18.9. The normalized spacial score (nSPS) is 10.4. The maximum absolute atomic E-state index is 12.3. The molecule has 0 aliphatic carbocycles. The van der Waals surface area contributed by atoms with Crippen molar-refractivity contribution >= 4 is 11.8 Å². The second-order valence-electron chi connectivity index (χ2n) is 7.05. The number of nitrogens with one attached hydrogen (secondary N) is 1. The highest BCUT2D eigenvalue weighted by atomic mass is 16.5. The molecule has 2 aromatic carbocycles. The summed E-state index contributed by atoms with van der Waals surface area (Å²) in [6, 6.07) is 14.8. The molecule has 168 valence electrons. The van der Waals surface area contributed by atoms with Crippen molar-refractivity contribution in [2.75, 3.05) is 32.9 Å². The van der Waals surface area contributed by atoms with E-state index in [9.17, 15) is 4.79 Å². The van der Waals surface area contributed by atoms with Crippen molar-refractivity contribution in [1.29, 1.82) is 5.41 Å². The molecule has 2 aromatic rings. The number of rotatable bonds is 13. The molecule has 0 aliphatic rings. The Morgan fingerprint density at radius 3 is 1.71 bits per heavy atom. The lowest BCUT2D eigenvalue weighted by Gasteiger charge is -2.18. The molecule has 0 unspecified atom stereocenters. The van der Waals surface area contributed by atoms with E-state index < -0.39 is 0 Å². The van der Waals surface area contributed by atoms with E-state index in [2.05, 4.69) is 0 Å². The van der Waals surface area contributed by atoms with E-state index >= 15 is 0 Å². The van der Waals surface area contributed by atoms with Gasteiger partial charge in [0.25, 0.3) is 5.91 Å². The molecule has 0 aromatic heterocycles. The van der Waals surface area contributed by atoms with Crippen molar-refractivity contribution in [2.45, 2.75) is 40.0 Å². The van der Waals surface area contributed by atoms with Gasteiger partial charge in [-0.1, -0.05) is 0 Å². The Balaban J connectivity index is 1.61. The van der Waals surface area contributed by atoms with Gasteiger partial charge in [0.2, 0.25) is 5.90 Å². The van der Waals surface area contributed by atoms with Crippen LogP contribution < -0.4 is 9.47 Å². The number of ether oxygens (including phenoxy) is 3. The van der Waals surface area contributed by atoms with Crippen molar-refractivity contribution in [2.24, 2.45) is 0 Å². The molecule has 1 amide bonds. The zero-order valence-corrected chi connectivity index (χ0v) is 18.9. The molecule has 2 rings (SSSR count). The Kier molecular flexibility index (Phi) is 10.4. The molecular weight excluding hydrogens is 392 g/mol. The van der Waals surface area contributed by atoms with Gasteiger partial charge >= 0.3 is 0 Å². The molecule has 0 spiro atoms. The monoisotopic (exact) mass is 426 g/mol. The minimum atomic E-state index is 0.0544. The molecule has 0 aliphatic heterocycles. The van der Waals surface area contributed by atoms with Gasteiger partial charge in [-0.05, 0) is 88.6 Å². The molecule has 0 bridgehead atoms. The lowest BCUT2D eigenvalue weighted by molar-refractivity contribution is 0.0773. The van der Waals surface area contributed by atoms with Crippen molar-refractivity contribution in [3.8, 4) is 11.5 Å². The van der Waals surface area contributed by atoms with E-state index in [1.165, 1.54) is 0 Å². The maximum Gasteiger partial charge on any atom is 0.253 e. The summed E-state index contributed by atoms with van der Waals surface area (Å²) in [7, 11) is 0. The van der Waals surface area contributed by atoms with Crippen LogP contribution in [-0.4, -0.2) is 49.6 Å². The smallest absolute Gasteiger partial charge is 0.253 e. The Labute approximate surface area is 185 Å². The molecule has 0 atom stereocenters. The quantitative estimate of drug-likeness (QED) is 0.273. The van der Waals surface area contributed by atoms with Gasteiger partial charge in [0, 0.05) is 24.2 Å². The van der Waals surface area contributed by atoms with Crippen molar-refractivity contribution in [3.63, 3.8) is 0 Å². The predicted octanol–water partition coefficient (Wildman–Crippen LogP) is 5.16. The number of unbranched alkanes of at least 4 members (excludes halogenated alkanes) is 2. The predicted molar refractivity (Wildman–Crippen MR) is 123 cm³/mol. The van der Waals surface area contributed by atoms with E-state index in [0.717, 1.165) is 36.3 Å². The standard InChI is InChI=1S/C25H34N2O4/c1-4-27(5-2)25(28)21-12-16-23(17-13-21)31-19-9-7-8-18-30-22-14-10-20(11-15-22)24(26)29-6-3/h10-17,26H,4-9,18-19H2,1-3H3. The number of hydrogen-bond acceptors (Lipinski definition) is 5. The van der Waals surface area contributed by atoms with Crippen LogP contribution in [0.15, 0.2) is 48.5 Å². The maximum atomic E-state index is 12.3. The molecule has 1 N–H and O–H groups in total. The highest BCUT2D eigenvalue weighted by Crippen LogP contribution is 2.16. The van der Waals surface area contributed by atoms with E-state index in [4.69, 9.17) is 19.6 Å². The molecule has 0 radical (unpaired) electrons. The molecule has 0 fully saturated rings. The first-order valence-corrected chi connectivity index (χ1v) is 11.1. The second-order valence-corrected chi connectivity index (χ2v) is 7.05. The summed E-state index contributed by atoms with van der Waals surface area (Å²) in [4.78, 5) is 14.1. The summed E-state index contributed by atoms with van der Waals surface area (Å²) >= 11 is 0. The molecule has 0 saturated heterocycles. The van der Waals surface area contributed by atoms with Gasteiger partial charge in [-0.3, -0.25) is 10.2 Å². The van der Waals surface area contributed by atoms with E-state index in [-0.39, 0.29) is 11.8 Å². The van der Waals surface area contributed by atoms with E-state index in [1.54, 1.807) is 4.90 Å². The fourth-order valence-corrected chi connectivity index (χ4v) is 3.08. The van der Waals surface area contributed by atoms with Crippen molar-refractivity contribution < 1.29 is 19.0 Å². The van der Waals surface area contributed by atoms with Crippen LogP contribution in [0.2, 0.25) is 0 Å². The number of amides is 1. The Morgan fingerprint density at radius 2 is 1.26 bits per heavy atom. The fourth-order valence-electron chi connectivity index (χ4n) is 3.08. The average Bonchev–Trinajstić information content (AvgIpc) is 2.80. The molecular formula is C25H34N2O4. The fraction of sp³-hybridized carbons (Fsp3) is 0.440. The van der Waals surface area contributed by atoms with Crippen LogP contribution in [0, 0.1) is 5.41 Å². The first kappa shape index (κ1) is 24.3. The summed E-state index contributed by atoms with van der Waals surface area (Å²) in [5, 5.41) is 7.77. The number of nitrogens with zero attached hydrogens (tertiary/aromatic N) is 1. The minimum Gasteiger partial charge on any atom is -0.494 e. The van der Waals surface area contributed by atoms with Gasteiger partial charge < -0.3 is 19.1 Å². The van der Waals surface area contributed by atoms with Gasteiger partial charge in [-0.25, -0.2) is 0 Å². The lowest BCUT2D eigenvalue weighted by Crippen LogP contribution is -2.30. The number of carbonyl (C=O) groups excluding carboxylic acids is 1. The van der Waals surface area contributed by atoms with Crippen LogP contribution in [-0.2, 0) is 4.74 Å². The van der Waals surface area contributed by atoms with Crippen LogP contribution >= 0.6 is 0 Å². The van der Waals surface area contributed by atoms with Gasteiger partial charge in [-0.15, -0.1) is 0 Å². The topological polar surface area (TPSA) is 71.9 Å². The van der Waals surface area contributed by atoms with Gasteiger partial charge in [0.05, 0.1) is 19.8 Å². The molecule has 6 nitrogen and oxygen atoms in total. The summed E-state index contributed by atoms with van der Waals surface area (Å²) in [6.45, 7) is 9.02. The van der Waals surface area contributed by atoms with Crippen LogP contribution in [0.4, 0.5) is 0 Å². The Morgan fingerprint density at radius 1 is 0.774 bits per heavy atom. The van der Waals surface area contributed by atoms with E-state index in [1.807, 2.05) is 69.3 Å². The third-order valence-corrected chi connectivity index (χ3v) is 4.88. The Hall–Kier alpha value is -3.02. The first-order valence-electron chi connectivity index (χ1n) is 11.1. The largest absolute Gasteiger partial charge is 0.494 e. The molecule has 31 heavy (non-hydrogen) atoms. The van der Waals surface area contributed by atoms with Crippen LogP contribution in [0.3, 0.4) is 0 Å². The summed E-state index contributed by atoms with van der Waals surface area (Å²) in [5.41, 5.74) is 1.44. The van der Waals surface area contributed by atoms with Crippen molar-refractivity contribution in [3.05, 3.63) is 59.7 Å². The highest BCUT2D eigenvalue weighted by molar-refractivity contribution is 5.94. The summed E-state index contributed by atoms with van der Waals surface area (Å²) in [6.07, 6.45) is 2.89. The van der Waals surface area contributed by atoms with Crippen LogP contribution in [0.25, 0.3) is 0 Å². The van der Waals surface area contributed by atoms with Gasteiger partial charge in [0.15, 0.2) is 0 Å². The van der Waals surface area contributed by atoms with Crippen LogP contribution in [0.1, 0.15) is 56.0 Å². The van der Waals surface area contributed by atoms with Crippen LogP contribution in [0.5, 0.6) is 11.5 Å². The third-order valence-electron chi connectivity index (χ3n) is 4.88. The minimum absolute atomic E-state index is 0.0544. The molecule has 0 saturated carbocycles. The van der Waals surface area contributed by atoms with Crippen molar-refractivity contribution in [1.82, 2.24) is 4.90 Å². The Bertz CT molecular complexity index is 799. The third kappa shape index (κ3) is 7.96. The number of benzene rings is 2. The molecule has 6 heteroatoms. The van der Waals surface area contributed by atoms with E-state index in [0.29, 0.717) is 38.5 Å². The summed E-state index contributed by atoms with van der Waals surface area (Å²) in [5.74, 6) is 1.81. The first-order chi connectivity index (χ1) is 15.1. The van der Waals surface area contributed by atoms with Gasteiger partial charge in [-0.2, -0.15) is 0 Å². The zero-order chi connectivity index (χ0) is 22.5. The summed E-state index contributed by atoms with van der Waals surface area (Å²) < 4.78 is 16.7. The lowest BCUT2D eigenvalue weighted by atomic mass is 10.2. The number of carbonyl (C=O) groups is 1. The molecule has 0 heterocycles. The van der Waals surface area contributed by atoms with Gasteiger partial charge in [0.1, 0.15) is 11.5 Å². The average molecular weight is 427 g/mol. The second kappa shape index (κ2) is 13.3. The SMILES string of the molecule is CCOC(=N)c1ccc(OCCCCCOc2ccc(C(=O)N(CC)CC)cc2)cc1. The highest BCUT2D eigenvalue weighted by Gasteiger charge is 2.12.